The van der Waals surface area contributed by atoms with Crippen molar-refractivity contribution in [1.29, 1.82) is 0 Å². The van der Waals surface area contributed by atoms with Crippen molar-refractivity contribution in [3.05, 3.63) is 71.8 Å². The molecule has 0 amide bonds. The second kappa shape index (κ2) is 10.2. The van der Waals surface area contributed by atoms with E-state index in [4.69, 9.17) is 9.47 Å². The van der Waals surface area contributed by atoms with Gasteiger partial charge < -0.3 is 9.47 Å². The molecule has 2 atom stereocenters. The summed E-state index contributed by atoms with van der Waals surface area (Å²) in [6.07, 6.45) is 0. The lowest BCUT2D eigenvalue weighted by Gasteiger charge is -2.38. The normalized spacial score (nSPS) is 13.9. The molecule has 0 saturated carbocycles. The molecule has 162 valence electrons. The molecule has 0 bridgehead atoms. The van der Waals surface area contributed by atoms with Crippen molar-refractivity contribution >= 4 is 28.1 Å². The van der Waals surface area contributed by atoms with Crippen LogP contribution in [0.4, 0.5) is 0 Å². The van der Waals surface area contributed by atoms with Gasteiger partial charge in [0.1, 0.15) is 13.2 Å². The van der Waals surface area contributed by atoms with E-state index >= 15 is 0 Å². The van der Waals surface area contributed by atoms with Crippen LogP contribution in [0.1, 0.15) is 11.1 Å². The van der Waals surface area contributed by atoms with Crippen molar-refractivity contribution in [2.45, 2.75) is 63.6 Å². The fraction of sp³-hybridized carbons (Fsp3) is 0.417. The van der Waals surface area contributed by atoms with Crippen LogP contribution in [-0.2, 0) is 32.3 Å². The summed E-state index contributed by atoms with van der Waals surface area (Å²) in [6, 6.07) is 19.3. The molecule has 0 radical (unpaired) electrons. The van der Waals surface area contributed by atoms with Crippen molar-refractivity contribution in [3.63, 3.8) is 0 Å². The first kappa shape index (κ1) is 24.1. The summed E-state index contributed by atoms with van der Waals surface area (Å²) < 4.78 is 11.4. The van der Waals surface area contributed by atoms with Gasteiger partial charge in [-0.05, 0) is 11.1 Å². The monoisotopic (exact) mass is 442 g/mol. The summed E-state index contributed by atoms with van der Waals surface area (Å²) in [5.74, 6) is -0.552. The fourth-order valence-electron chi connectivity index (χ4n) is 3.62. The standard InChI is InChI=1S/C24H34O4Si2/c1-29(2,3)21(23(25)27-17-19-13-9-7-10-14-19)22(30(4,5)6)24(26)28-18-20-15-11-8-12-16-20/h7-16,21-22H,17-18H2,1-6H3/t21-,22+. The van der Waals surface area contributed by atoms with Crippen LogP contribution in [0.25, 0.3) is 0 Å². The van der Waals surface area contributed by atoms with Crippen molar-refractivity contribution in [3.8, 4) is 0 Å². The van der Waals surface area contributed by atoms with E-state index in [1.54, 1.807) is 0 Å². The van der Waals surface area contributed by atoms with Gasteiger partial charge in [-0.25, -0.2) is 0 Å². The number of rotatable bonds is 9. The number of carbonyl (C=O) groups excluding carboxylic acids is 2. The zero-order valence-corrected chi connectivity index (χ0v) is 21.0. The van der Waals surface area contributed by atoms with E-state index in [2.05, 4.69) is 39.3 Å². The van der Waals surface area contributed by atoms with E-state index in [1.807, 2.05) is 60.7 Å². The highest BCUT2D eigenvalue weighted by molar-refractivity contribution is 6.87. The highest BCUT2D eigenvalue weighted by Gasteiger charge is 2.50. The highest BCUT2D eigenvalue weighted by Crippen LogP contribution is 2.43. The van der Waals surface area contributed by atoms with Gasteiger partial charge in [0.25, 0.3) is 0 Å². The molecule has 2 aromatic rings. The molecular weight excluding hydrogens is 408 g/mol. The van der Waals surface area contributed by atoms with Crippen molar-refractivity contribution in [2.24, 2.45) is 0 Å². The summed E-state index contributed by atoms with van der Waals surface area (Å²) in [4.78, 5) is 26.5. The number of esters is 2. The molecule has 0 saturated heterocycles. The Bertz CT molecular complexity index is 752. The van der Waals surface area contributed by atoms with Crippen LogP contribution in [-0.4, -0.2) is 28.1 Å². The lowest BCUT2D eigenvalue weighted by Crippen LogP contribution is -2.48. The number of hydrogen-bond acceptors (Lipinski definition) is 4. The van der Waals surface area contributed by atoms with Crippen LogP contribution >= 0.6 is 0 Å². The lowest BCUT2D eigenvalue weighted by atomic mass is 10.2. The van der Waals surface area contributed by atoms with Crippen LogP contribution < -0.4 is 0 Å². The Balaban J connectivity index is 2.22. The summed E-state index contributed by atoms with van der Waals surface area (Å²) in [5.41, 5.74) is 1.01. The number of hydrogen-bond donors (Lipinski definition) is 0. The van der Waals surface area contributed by atoms with Crippen LogP contribution in [0.2, 0.25) is 50.4 Å². The Morgan fingerprint density at radius 2 is 0.933 bits per heavy atom. The molecule has 0 aromatic heterocycles. The van der Waals surface area contributed by atoms with Gasteiger partial charge in [-0.2, -0.15) is 0 Å². The Morgan fingerprint density at radius 3 is 1.20 bits per heavy atom. The van der Waals surface area contributed by atoms with Gasteiger partial charge in [0.05, 0.1) is 27.2 Å². The zero-order valence-electron chi connectivity index (χ0n) is 19.0. The van der Waals surface area contributed by atoms with Gasteiger partial charge in [0, 0.05) is 0 Å². The molecule has 0 N–H and O–H groups in total. The molecule has 30 heavy (non-hydrogen) atoms. The molecule has 6 heteroatoms. The van der Waals surface area contributed by atoms with E-state index in [0.29, 0.717) is 0 Å². The van der Waals surface area contributed by atoms with E-state index in [-0.39, 0.29) is 25.2 Å². The minimum atomic E-state index is -2.07. The molecule has 0 aliphatic carbocycles. The molecule has 0 aliphatic heterocycles. The van der Waals surface area contributed by atoms with Gasteiger partial charge in [0.2, 0.25) is 0 Å². The van der Waals surface area contributed by atoms with Crippen LogP contribution in [0.3, 0.4) is 0 Å². The molecule has 0 aliphatic rings. The predicted molar refractivity (Wildman–Crippen MR) is 127 cm³/mol. The molecule has 0 unspecified atom stereocenters. The van der Waals surface area contributed by atoms with Gasteiger partial charge in [-0.1, -0.05) is 99.9 Å². The maximum absolute atomic E-state index is 13.3. The first-order valence-corrected chi connectivity index (χ1v) is 17.6. The molecular formula is C24H34O4Si2. The number of benzene rings is 2. The Morgan fingerprint density at radius 1 is 0.633 bits per heavy atom. The summed E-state index contributed by atoms with van der Waals surface area (Å²) in [5, 5.41) is 0. The van der Waals surface area contributed by atoms with Crippen LogP contribution in [0.15, 0.2) is 60.7 Å². The number of carbonyl (C=O) groups is 2. The van der Waals surface area contributed by atoms with Gasteiger partial charge in [-0.3, -0.25) is 9.59 Å². The summed E-state index contributed by atoms with van der Waals surface area (Å²) >= 11 is 0. The second-order valence-corrected chi connectivity index (χ2v) is 20.6. The molecule has 0 spiro atoms. The maximum atomic E-state index is 13.3. The van der Waals surface area contributed by atoms with Crippen molar-refractivity contribution in [1.82, 2.24) is 0 Å². The van der Waals surface area contributed by atoms with E-state index in [0.717, 1.165) is 11.1 Å². The van der Waals surface area contributed by atoms with Gasteiger partial charge >= 0.3 is 11.9 Å². The molecule has 2 aromatic carbocycles. The minimum Gasteiger partial charge on any atom is -0.461 e. The van der Waals surface area contributed by atoms with E-state index in [1.165, 1.54) is 0 Å². The van der Waals surface area contributed by atoms with E-state index in [9.17, 15) is 9.59 Å². The van der Waals surface area contributed by atoms with Crippen molar-refractivity contribution in [2.75, 3.05) is 0 Å². The lowest BCUT2D eigenvalue weighted by molar-refractivity contribution is -0.152. The molecule has 0 heterocycles. The average Bonchev–Trinajstić information content (AvgIpc) is 2.68. The van der Waals surface area contributed by atoms with Crippen molar-refractivity contribution < 1.29 is 19.1 Å². The molecule has 0 fully saturated rings. The average molecular weight is 443 g/mol. The van der Waals surface area contributed by atoms with Gasteiger partial charge in [0.15, 0.2) is 0 Å². The summed E-state index contributed by atoms with van der Waals surface area (Å²) in [7, 11) is -4.15. The minimum absolute atomic E-state index is 0.220. The van der Waals surface area contributed by atoms with Gasteiger partial charge in [-0.15, -0.1) is 0 Å². The third-order valence-corrected chi connectivity index (χ3v) is 10.4. The summed E-state index contributed by atoms with van der Waals surface area (Å²) in [6.45, 7) is 13.2. The predicted octanol–water partition coefficient (Wildman–Crippen LogP) is 5.89. The van der Waals surface area contributed by atoms with Crippen LogP contribution in [0.5, 0.6) is 0 Å². The largest absolute Gasteiger partial charge is 0.461 e. The molecule has 4 nitrogen and oxygen atoms in total. The quantitative estimate of drug-likeness (QED) is 0.359. The van der Waals surface area contributed by atoms with E-state index < -0.39 is 27.2 Å². The van der Waals surface area contributed by atoms with Crippen LogP contribution in [0, 0.1) is 0 Å². The Labute approximate surface area is 182 Å². The molecule has 2 rings (SSSR count). The fourth-order valence-corrected chi connectivity index (χ4v) is 10.5. The third-order valence-electron chi connectivity index (χ3n) is 5.16. The third kappa shape index (κ3) is 6.95. The first-order chi connectivity index (χ1) is 14.0. The smallest absolute Gasteiger partial charge is 0.307 e. The topological polar surface area (TPSA) is 52.6 Å². The zero-order chi connectivity index (χ0) is 22.4. The maximum Gasteiger partial charge on any atom is 0.307 e. The highest BCUT2D eigenvalue weighted by atomic mass is 28.3. The second-order valence-electron chi connectivity index (χ2n) is 9.87. The Kier molecular flexibility index (Phi) is 8.20. The Hall–Kier alpha value is -2.19. The number of ether oxygens (including phenoxy) is 2. The first-order valence-electron chi connectivity index (χ1n) is 10.4. The SMILES string of the molecule is C[Si](C)(C)[C@H](C(=O)OCc1ccccc1)[C@H](C(=O)OCc1ccccc1)[Si](C)(C)C.